The molecular weight excluding hydrogens is 358 g/mol. The molecule has 2 aromatic rings. The Morgan fingerprint density at radius 3 is 2.74 bits per heavy atom. The van der Waals surface area contributed by atoms with E-state index in [0.29, 0.717) is 42.1 Å². The Kier molecular flexibility index (Phi) is 5.22. The molecular formula is C19H14F2N2O4. The monoisotopic (exact) mass is 372 g/mol. The van der Waals surface area contributed by atoms with Gasteiger partial charge in [0.2, 0.25) is 5.75 Å². The molecule has 1 aliphatic rings. The molecule has 0 saturated heterocycles. The third-order valence-corrected chi connectivity index (χ3v) is 3.71. The molecule has 0 fully saturated rings. The van der Waals surface area contributed by atoms with Gasteiger partial charge in [0, 0.05) is 6.07 Å². The van der Waals surface area contributed by atoms with Crippen molar-refractivity contribution in [3.8, 4) is 23.3 Å². The first kappa shape index (κ1) is 18.2. The molecule has 0 atom stereocenters. The summed E-state index contributed by atoms with van der Waals surface area (Å²) in [7, 11) is 1.45. The number of amides is 1. The van der Waals surface area contributed by atoms with Gasteiger partial charge >= 0.3 is 0 Å². The topological polar surface area (TPSA) is 80.6 Å². The molecule has 0 bridgehead atoms. The highest BCUT2D eigenvalue weighted by molar-refractivity contribution is 6.09. The molecule has 1 amide bonds. The summed E-state index contributed by atoms with van der Waals surface area (Å²) in [5, 5.41) is 11.5. The molecule has 0 radical (unpaired) electrons. The molecule has 138 valence electrons. The fourth-order valence-electron chi connectivity index (χ4n) is 2.47. The number of nitrogens with one attached hydrogen (secondary N) is 1. The van der Waals surface area contributed by atoms with E-state index in [9.17, 15) is 18.8 Å². The lowest BCUT2D eigenvalue weighted by atomic mass is 10.1. The van der Waals surface area contributed by atoms with Crippen molar-refractivity contribution in [3.05, 3.63) is 53.1 Å². The van der Waals surface area contributed by atoms with E-state index in [1.807, 2.05) is 0 Å². The third kappa shape index (κ3) is 3.98. The molecule has 0 spiro atoms. The molecule has 1 heterocycles. The second-order valence-electron chi connectivity index (χ2n) is 5.50. The molecule has 0 aromatic heterocycles. The Morgan fingerprint density at radius 2 is 2.04 bits per heavy atom. The summed E-state index contributed by atoms with van der Waals surface area (Å²) in [6.45, 7) is 0.742. The number of halogens is 2. The van der Waals surface area contributed by atoms with E-state index in [4.69, 9.17) is 14.2 Å². The number of carbonyl (C=O) groups excluding carboxylic acids is 1. The summed E-state index contributed by atoms with van der Waals surface area (Å²) in [6.07, 6.45) is 1.30. The lowest BCUT2D eigenvalue weighted by Gasteiger charge is -2.21. The number of ether oxygens (including phenoxy) is 3. The van der Waals surface area contributed by atoms with Crippen LogP contribution in [0.5, 0.6) is 17.2 Å². The van der Waals surface area contributed by atoms with Crippen LogP contribution in [0.3, 0.4) is 0 Å². The standard InChI is InChI=1S/C19H14F2N2O4/c1-25-16-7-11(8-17-18(16)27-5-4-26-17)6-12(10-22)19(24)23-15-3-2-13(20)9-14(15)21/h2-3,6-9H,4-5H2,1H3,(H,23,24)/b12-6+. The number of carbonyl (C=O) groups is 1. The van der Waals surface area contributed by atoms with E-state index in [1.165, 1.54) is 13.2 Å². The average molecular weight is 372 g/mol. The van der Waals surface area contributed by atoms with Crippen LogP contribution in [0.15, 0.2) is 35.9 Å². The maximum Gasteiger partial charge on any atom is 0.266 e. The van der Waals surface area contributed by atoms with Crippen LogP contribution in [0.4, 0.5) is 14.5 Å². The molecule has 27 heavy (non-hydrogen) atoms. The predicted octanol–water partition coefficient (Wildman–Crippen LogP) is 3.29. The first-order chi connectivity index (χ1) is 13.0. The van der Waals surface area contributed by atoms with Gasteiger partial charge in [-0.25, -0.2) is 8.78 Å². The minimum Gasteiger partial charge on any atom is -0.493 e. The normalized spacial score (nSPS) is 12.9. The summed E-state index contributed by atoms with van der Waals surface area (Å²) < 4.78 is 42.9. The number of fused-ring (bicyclic) bond motifs is 1. The quantitative estimate of drug-likeness (QED) is 0.658. The minimum atomic E-state index is -0.943. The van der Waals surface area contributed by atoms with Gasteiger partial charge in [0.25, 0.3) is 5.91 Å². The SMILES string of the molecule is COc1cc(/C=C(\C#N)C(=O)Nc2ccc(F)cc2F)cc2c1OCCO2. The smallest absolute Gasteiger partial charge is 0.266 e. The number of nitriles is 1. The summed E-state index contributed by atoms with van der Waals surface area (Å²) in [4.78, 5) is 12.3. The van der Waals surface area contributed by atoms with Gasteiger partial charge in [-0.3, -0.25) is 4.79 Å². The minimum absolute atomic E-state index is 0.234. The molecule has 0 saturated carbocycles. The Morgan fingerprint density at radius 1 is 1.26 bits per heavy atom. The molecule has 0 unspecified atom stereocenters. The van der Waals surface area contributed by atoms with Gasteiger partial charge in [0.15, 0.2) is 11.5 Å². The highest BCUT2D eigenvalue weighted by Crippen LogP contribution is 2.40. The van der Waals surface area contributed by atoms with Crippen LogP contribution < -0.4 is 19.5 Å². The van der Waals surface area contributed by atoms with Gasteiger partial charge in [-0.15, -0.1) is 0 Å². The van der Waals surface area contributed by atoms with Gasteiger partial charge < -0.3 is 19.5 Å². The molecule has 6 nitrogen and oxygen atoms in total. The van der Waals surface area contributed by atoms with Crippen molar-refractivity contribution in [3.63, 3.8) is 0 Å². The fraction of sp³-hybridized carbons (Fsp3) is 0.158. The average Bonchev–Trinajstić information content (AvgIpc) is 2.67. The molecule has 1 N–H and O–H groups in total. The Balaban J connectivity index is 1.89. The van der Waals surface area contributed by atoms with Crippen molar-refractivity contribution >= 4 is 17.7 Å². The van der Waals surface area contributed by atoms with Crippen LogP contribution in [-0.2, 0) is 4.79 Å². The number of benzene rings is 2. The molecule has 0 aliphatic carbocycles. The Bertz CT molecular complexity index is 950. The van der Waals surface area contributed by atoms with Crippen molar-refractivity contribution in [2.75, 3.05) is 25.6 Å². The number of hydrogen-bond donors (Lipinski definition) is 1. The van der Waals surface area contributed by atoms with Crippen molar-refractivity contribution in [1.82, 2.24) is 0 Å². The van der Waals surface area contributed by atoms with Gasteiger partial charge in [0.1, 0.15) is 36.5 Å². The second-order valence-corrected chi connectivity index (χ2v) is 5.50. The fourth-order valence-corrected chi connectivity index (χ4v) is 2.47. The number of nitrogens with zero attached hydrogens (tertiary/aromatic N) is 1. The molecule has 8 heteroatoms. The zero-order valence-electron chi connectivity index (χ0n) is 14.2. The third-order valence-electron chi connectivity index (χ3n) is 3.71. The van der Waals surface area contributed by atoms with Crippen LogP contribution in [0.2, 0.25) is 0 Å². The van der Waals surface area contributed by atoms with Crippen LogP contribution >= 0.6 is 0 Å². The Labute approximate surface area is 153 Å². The number of rotatable bonds is 4. The summed E-state index contributed by atoms with van der Waals surface area (Å²) in [5.74, 6) is -1.30. The lowest BCUT2D eigenvalue weighted by molar-refractivity contribution is -0.112. The van der Waals surface area contributed by atoms with Crippen molar-refractivity contribution in [2.45, 2.75) is 0 Å². The largest absolute Gasteiger partial charge is 0.493 e. The number of hydrogen-bond acceptors (Lipinski definition) is 5. The molecule has 2 aromatic carbocycles. The van der Waals surface area contributed by atoms with Crippen molar-refractivity contribution < 1.29 is 27.8 Å². The highest BCUT2D eigenvalue weighted by atomic mass is 19.1. The van der Waals surface area contributed by atoms with Crippen molar-refractivity contribution in [1.29, 1.82) is 5.26 Å². The predicted molar refractivity (Wildman–Crippen MR) is 92.6 cm³/mol. The summed E-state index contributed by atoms with van der Waals surface area (Å²) in [6, 6.07) is 7.65. The maximum absolute atomic E-state index is 13.7. The number of anilines is 1. The van der Waals surface area contributed by atoms with E-state index in [2.05, 4.69) is 5.32 Å². The van der Waals surface area contributed by atoms with E-state index in [-0.39, 0.29) is 11.3 Å². The van der Waals surface area contributed by atoms with Gasteiger partial charge in [-0.05, 0) is 35.9 Å². The van der Waals surface area contributed by atoms with Crippen LogP contribution in [-0.4, -0.2) is 26.2 Å². The van der Waals surface area contributed by atoms with E-state index in [1.54, 1.807) is 18.2 Å². The Hall–Kier alpha value is -3.60. The van der Waals surface area contributed by atoms with Crippen LogP contribution in [0.25, 0.3) is 6.08 Å². The zero-order valence-corrected chi connectivity index (χ0v) is 14.2. The highest BCUT2D eigenvalue weighted by Gasteiger charge is 2.19. The van der Waals surface area contributed by atoms with Crippen molar-refractivity contribution in [2.24, 2.45) is 0 Å². The maximum atomic E-state index is 13.7. The molecule has 1 aliphatic heterocycles. The van der Waals surface area contributed by atoms with Gasteiger partial charge in [-0.1, -0.05) is 0 Å². The first-order valence-corrected chi connectivity index (χ1v) is 7.87. The zero-order chi connectivity index (χ0) is 19.4. The van der Waals surface area contributed by atoms with Crippen LogP contribution in [0, 0.1) is 23.0 Å². The second kappa shape index (κ2) is 7.74. The van der Waals surface area contributed by atoms with E-state index < -0.39 is 17.5 Å². The van der Waals surface area contributed by atoms with Gasteiger partial charge in [0.05, 0.1) is 12.8 Å². The number of methoxy groups -OCH3 is 1. The molecule has 3 rings (SSSR count). The summed E-state index contributed by atoms with van der Waals surface area (Å²) >= 11 is 0. The van der Waals surface area contributed by atoms with Gasteiger partial charge in [-0.2, -0.15) is 5.26 Å². The van der Waals surface area contributed by atoms with E-state index >= 15 is 0 Å². The van der Waals surface area contributed by atoms with Crippen LogP contribution in [0.1, 0.15) is 5.56 Å². The van der Waals surface area contributed by atoms with E-state index in [0.717, 1.165) is 12.1 Å². The summed E-state index contributed by atoms with van der Waals surface area (Å²) in [5.41, 5.74) is -0.0536. The lowest BCUT2D eigenvalue weighted by Crippen LogP contribution is -2.16. The first-order valence-electron chi connectivity index (χ1n) is 7.87.